The number of anilines is 1. The van der Waals surface area contributed by atoms with E-state index in [1.54, 1.807) is 4.90 Å². The maximum Gasteiger partial charge on any atom is 0.252 e. The van der Waals surface area contributed by atoms with E-state index in [0.717, 1.165) is 38.3 Å². The molecule has 10 nitrogen and oxygen atoms in total. The highest BCUT2D eigenvalue weighted by atomic mass is 16.3. The molecule has 3 aliphatic heterocycles. The van der Waals surface area contributed by atoms with Gasteiger partial charge in [-0.2, -0.15) is 0 Å². The van der Waals surface area contributed by atoms with Gasteiger partial charge in [-0.1, -0.05) is 20.8 Å². The van der Waals surface area contributed by atoms with Crippen LogP contribution in [0.3, 0.4) is 0 Å². The number of hydrogen-bond donors (Lipinski definition) is 2. The molecule has 10 heteroatoms. The first-order valence-corrected chi connectivity index (χ1v) is 15.2. The molecule has 3 saturated heterocycles. The summed E-state index contributed by atoms with van der Waals surface area (Å²) >= 11 is 0. The normalized spacial score (nSPS) is 22.7. The third-order valence-corrected chi connectivity index (χ3v) is 8.77. The SMILES string of the molecule is CC(C)CCC(O)C(=O)N1CC(=O)C2C1CCN2C(=O)CC(C)CCNC(=O)c1ccc(N2CCN(C)CC2)cc1. The van der Waals surface area contributed by atoms with Crippen molar-refractivity contribution in [2.75, 3.05) is 57.8 Å². The standard InChI is InChI=1S/C31H47N5O5/c1-21(2)5-10-26(37)31(41)36-20-27(38)29-25(36)12-14-35(29)28(39)19-22(3)11-13-32-30(40)23-6-8-24(9-7-23)34-17-15-33(4)16-18-34/h6-9,21-22,25-26,29,37H,5,10-20H2,1-4H3,(H,32,40). The highest BCUT2D eigenvalue weighted by molar-refractivity contribution is 5.98. The van der Waals surface area contributed by atoms with E-state index >= 15 is 0 Å². The number of benzene rings is 1. The Balaban J connectivity index is 1.21. The highest BCUT2D eigenvalue weighted by Gasteiger charge is 2.51. The minimum absolute atomic E-state index is 0.0218. The molecular weight excluding hydrogens is 522 g/mol. The molecule has 226 valence electrons. The molecule has 0 bridgehead atoms. The van der Waals surface area contributed by atoms with Crippen LogP contribution in [-0.4, -0.2) is 114 Å². The van der Waals surface area contributed by atoms with Gasteiger partial charge in [0.1, 0.15) is 12.1 Å². The Morgan fingerprint density at radius 3 is 2.29 bits per heavy atom. The summed E-state index contributed by atoms with van der Waals surface area (Å²) in [4.78, 5) is 59.3. The number of likely N-dealkylation sites (tertiary alicyclic amines) is 2. The number of aliphatic hydroxyl groups is 1. The second kappa shape index (κ2) is 13.8. The summed E-state index contributed by atoms with van der Waals surface area (Å²) in [6.45, 7) is 10.9. The molecule has 4 unspecified atom stereocenters. The van der Waals surface area contributed by atoms with Crippen LogP contribution in [0.25, 0.3) is 0 Å². The van der Waals surface area contributed by atoms with Crippen molar-refractivity contribution in [3.63, 3.8) is 0 Å². The van der Waals surface area contributed by atoms with Crippen molar-refractivity contribution in [3.8, 4) is 0 Å². The zero-order valence-corrected chi connectivity index (χ0v) is 25.1. The Labute approximate surface area is 244 Å². The van der Waals surface area contributed by atoms with E-state index in [0.29, 0.717) is 43.8 Å². The fraction of sp³-hybridized carbons (Fsp3) is 0.677. The smallest absolute Gasteiger partial charge is 0.252 e. The molecule has 4 rings (SSSR count). The Morgan fingerprint density at radius 2 is 1.63 bits per heavy atom. The fourth-order valence-corrected chi connectivity index (χ4v) is 6.14. The number of ketones is 1. The number of nitrogens with zero attached hydrogens (tertiary/aromatic N) is 4. The third kappa shape index (κ3) is 7.65. The average molecular weight is 570 g/mol. The van der Waals surface area contributed by atoms with Gasteiger partial charge in [-0.05, 0) is 68.8 Å². The topological polar surface area (TPSA) is 114 Å². The molecule has 3 amide bonds. The van der Waals surface area contributed by atoms with Gasteiger partial charge in [-0.15, -0.1) is 0 Å². The lowest BCUT2D eigenvalue weighted by atomic mass is 10.0. The number of likely N-dealkylation sites (N-methyl/N-ethyl adjacent to an activating group) is 1. The van der Waals surface area contributed by atoms with Crippen molar-refractivity contribution in [1.82, 2.24) is 20.0 Å². The second-order valence-electron chi connectivity index (χ2n) is 12.5. The van der Waals surface area contributed by atoms with Gasteiger partial charge in [-0.25, -0.2) is 0 Å². The number of carbonyl (C=O) groups excluding carboxylic acids is 4. The molecule has 0 radical (unpaired) electrons. The summed E-state index contributed by atoms with van der Waals surface area (Å²) in [7, 11) is 2.12. The molecule has 1 aromatic rings. The van der Waals surface area contributed by atoms with Crippen LogP contribution in [0.4, 0.5) is 5.69 Å². The van der Waals surface area contributed by atoms with Gasteiger partial charge in [0.25, 0.3) is 11.8 Å². The van der Waals surface area contributed by atoms with E-state index < -0.39 is 18.1 Å². The fourth-order valence-electron chi connectivity index (χ4n) is 6.14. The Hall–Kier alpha value is -2.98. The number of fused-ring (bicyclic) bond motifs is 1. The number of nitrogens with one attached hydrogen (secondary N) is 1. The van der Waals surface area contributed by atoms with E-state index in [4.69, 9.17) is 0 Å². The Morgan fingerprint density at radius 1 is 0.951 bits per heavy atom. The summed E-state index contributed by atoms with van der Waals surface area (Å²) in [5.74, 6) is -0.373. The van der Waals surface area contributed by atoms with Crippen LogP contribution in [0.2, 0.25) is 0 Å². The first-order chi connectivity index (χ1) is 19.5. The lowest BCUT2D eigenvalue weighted by Gasteiger charge is -2.34. The molecule has 4 atom stereocenters. The lowest BCUT2D eigenvalue weighted by molar-refractivity contribution is -0.142. The quantitative estimate of drug-likeness (QED) is 0.418. The molecule has 0 aromatic heterocycles. The molecule has 0 saturated carbocycles. The number of Topliss-reactive ketones (excluding diaryl/α,β-unsaturated/α-hetero) is 1. The van der Waals surface area contributed by atoms with E-state index in [1.165, 1.54) is 4.90 Å². The van der Waals surface area contributed by atoms with E-state index in [2.05, 4.69) is 22.2 Å². The largest absolute Gasteiger partial charge is 0.383 e. The van der Waals surface area contributed by atoms with Crippen LogP contribution < -0.4 is 10.2 Å². The number of aliphatic hydroxyl groups excluding tert-OH is 1. The number of carbonyl (C=O) groups is 4. The van der Waals surface area contributed by atoms with Gasteiger partial charge in [0, 0.05) is 56.9 Å². The lowest BCUT2D eigenvalue weighted by Crippen LogP contribution is -2.45. The molecule has 0 aliphatic carbocycles. The molecule has 41 heavy (non-hydrogen) atoms. The molecule has 3 fully saturated rings. The van der Waals surface area contributed by atoms with Crippen LogP contribution in [0.5, 0.6) is 0 Å². The van der Waals surface area contributed by atoms with E-state index in [-0.39, 0.29) is 42.5 Å². The summed E-state index contributed by atoms with van der Waals surface area (Å²) in [5.41, 5.74) is 1.74. The Bertz CT molecular complexity index is 1080. The molecule has 3 aliphatic rings. The van der Waals surface area contributed by atoms with Crippen LogP contribution in [0.1, 0.15) is 63.2 Å². The first kappa shape index (κ1) is 31.0. The van der Waals surface area contributed by atoms with Crippen molar-refractivity contribution in [3.05, 3.63) is 29.8 Å². The van der Waals surface area contributed by atoms with Crippen molar-refractivity contribution in [1.29, 1.82) is 0 Å². The zero-order valence-electron chi connectivity index (χ0n) is 25.1. The maximum atomic E-state index is 13.2. The summed E-state index contributed by atoms with van der Waals surface area (Å²) in [5, 5.41) is 13.3. The maximum absolute atomic E-state index is 13.2. The predicted octanol–water partition coefficient (Wildman–Crippen LogP) is 1.76. The Kier molecular flexibility index (Phi) is 10.4. The molecule has 3 heterocycles. The van der Waals surface area contributed by atoms with Crippen LogP contribution in [0.15, 0.2) is 24.3 Å². The monoisotopic (exact) mass is 569 g/mol. The van der Waals surface area contributed by atoms with Gasteiger partial charge >= 0.3 is 0 Å². The molecule has 0 spiro atoms. The average Bonchev–Trinajstić information content (AvgIpc) is 3.53. The van der Waals surface area contributed by atoms with Crippen molar-refractivity contribution < 1.29 is 24.3 Å². The van der Waals surface area contributed by atoms with E-state index in [9.17, 15) is 24.3 Å². The van der Waals surface area contributed by atoms with Crippen molar-refractivity contribution >= 4 is 29.2 Å². The van der Waals surface area contributed by atoms with Gasteiger partial charge in [0.15, 0.2) is 5.78 Å². The van der Waals surface area contributed by atoms with Gasteiger partial charge in [-0.3, -0.25) is 19.2 Å². The summed E-state index contributed by atoms with van der Waals surface area (Å²) in [6.07, 6.45) is 1.45. The number of piperazine rings is 1. The van der Waals surface area contributed by atoms with E-state index in [1.807, 2.05) is 45.0 Å². The zero-order chi connectivity index (χ0) is 29.7. The summed E-state index contributed by atoms with van der Waals surface area (Å²) in [6, 6.07) is 6.73. The minimum Gasteiger partial charge on any atom is -0.383 e. The van der Waals surface area contributed by atoms with Crippen LogP contribution in [0, 0.1) is 11.8 Å². The highest BCUT2D eigenvalue weighted by Crippen LogP contribution is 2.31. The minimum atomic E-state index is -1.11. The number of hydrogen-bond acceptors (Lipinski definition) is 7. The number of rotatable bonds is 11. The van der Waals surface area contributed by atoms with Crippen LogP contribution >= 0.6 is 0 Å². The first-order valence-electron chi connectivity index (χ1n) is 15.2. The number of amides is 3. The van der Waals surface area contributed by atoms with Gasteiger partial charge in [0.05, 0.1) is 12.6 Å². The molecular formula is C31H47N5O5. The van der Waals surface area contributed by atoms with Gasteiger partial charge < -0.3 is 30.0 Å². The van der Waals surface area contributed by atoms with Crippen molar-refractivity contribution in [2.24, 2.45) is 11.8 Å². The van der Waals surface area contributed by atoms with Crippen molar-refractivity contribution in [2.45, 2.75) is 71.1 Å². The second-order valence-corrected chi connectivity index (χ2v) is 12.5. The third-order valence-electron chi connectivity index (χ3n) is 8.77. The molecule has 1 aromatic carbocycles. The van der Waals surface area contributed by atoms with Gasteiger partial charge in [0.2, 0.25) is 5.91 Å². The van der Waals surface area contributed by atoms with Crippen LogP contribution in [-0.2, 0) is 14.4 Å². The summed E-state index contributed by atoms with van der Waals surface area (Å²) < 4.78 is 0. The predicted molar refractivity (Wildman–Crippen MR) is 158 cm³/mol. The molecule has 2 N–H and O–H groups in total.